The number of hydrogen-bond donors (Lipinski definition) is 0. The number of rotatable bonds is 1. The van der Waals surface area contributed by atoms with Crippen molar-refractivity contribution in [3.8, 4) is 0 Å². The Bertz CT molecular complexity index is 347. The average Bonchev–Trinajstić information content (AvgIpc) is 2.58. The minimum absolute atomic E-state index is 0.411. The van der Waals surface area contributed by atoms with Gasteiger partial charge in [-0.3, -0.25) is 0 Å². The lowest BCUT2D eigenvalue weighted by molar-refractivity contribution is -0.320. The van der Waals surface area contributed by atoms with Crippen LogP contribution in [0.2, 0.25) is 0 Å². The lowest BCUT2D eigenvalue weighted by Crippen LogP contribution is -2.51. The highest BCUT2D eigenvalue weighted by Crippen LogP contribution is 2.40. The third-order valence-electron chi connectivity index (χ3n) is 6.15. The number of ether oxygens (including phenoxy) is 1. The predicted molar refractivity (Wildman–Crippen MR) is 95.7 cm³/mol. The van der Waals surface area contributed by atoms with Crippen LogP contribution in [0, 0.1) is 5.92 Å². The van der Waals surface area contributed by atoms with Crippen LogP contribution in [-0.4, -0.2) is 18.2 Å². The fourth-order valence-electron chi connectivity index (χ4n) is 4.66. The van der Waals surface area contributed by atoms with Crippen LogP contribution in [0.1, 0.15) is 109 Å². The van der Waals surface area contributed by atoms with Crippen LogP contribution in [0.3, 0.4) is 0 Å². The molecule has 0 bridgehead atoms. The van der Waals surface area contributed by atoms with Gasteiger partial charge in [0.15, 0.2) is 0 Å². The molecule has 0 amide bonds. The third kappa shape index (κ3) is 6.38. The second-order valence-corrected chi connectivity index (χ2v) is 8.02. The molecule has 3 nitrogen and oxygen atoms in total. The maximum absolute atomic E-state index is 11.9. The van der Waals surface area contributed by atoms with Crippen LogP contribution in [-0.2, 0) is 9.53 Å². The summed E-state index contributed by atoms with van der Waals surface area (Å²) in [6.45, 7) is 0.726. The van der Waals surface area contributed by atoms with Crippen molar-refractivity contribution < 1.29 is 14.6 Å². The van der Waals surface area contributed by atoms with E-state index >= 15 is 0 Å². The second kappa shape index (κ2) is 11.1. The first-order valence-corrected chi connectivity index (χ1v) is 10.6. The maximum atomic E-state index is 11.9. The zero-order valence-electron chi connectivity index (χ0n) is 15.5. The zero-order valence-corrected chi connectivity index (χ0v) is 15.5. The van der Waals surface area contributed by atoms with E-state index in [2.05, 4.69) is 0 Å². The molecule has 1 aliphatic heterocycles. The predicted octanol–water partition coefficient (Wildman–Crippen LogP) is 4.77. The van der Waals surface area contributed by atoms with Gasteiger partial charge in [-0.05, 0) is 25.7 Å². The van der Waals surface area contributed by atoms with Gasteiger partial charge in [0.1, 0.15) is 0 Å². The molecule has 1 spiro atoms. The zero-order chi connectivity index (χ0) is 17.1. The van der Waals surface area contributed by atoms with Crippen molar-refractivity contribution in [1.29, 1.82) is 0 Å². The van der Waals surface area contributed by atoms with Gasteiger partial charge in [0.2, 0.25) is 0 Å². The summed E-state index contributed by atoms with van der Waals surface area (Å²) in [5.74, 6) is -1.29. The van der Waals surface area contributed by atoms with Gasteiger partial charge in [0, 0.05) is 18.5 Å². The van der Waals surface area contributed by atoms with Gasteiger partial charge in [0.25, 0.3) is 0 Å². The van der Waals surface area contributed by atoms with Gasteiger partial charge >= 0.3 is 0 Å². The topological polar surface area (TPSA) is 49.4 Å². The number of carboxylic acids is 1. The van der Waals surface area contributed by atoms with Crippen LogP contribution in [0.25, 0.3) is 0 Å². The molecule has 2 aliphatic rings. The summed E-state index contributed by atoms with van der Waals surface area (Å²) >= 11 is 0. The first-order valence-electron chi connectivity index (χ1n) is 10.6. The molecule has 1 atom stereocenters. The van der Waals surface area contributed by atoms with Crippen molar-refractivity contribution in [2.75, 3.05) is 6.61 Å². The molecular weight excluding hydrogens is 300 g/mol. The average molecular weight is 338 g/mol. The lowest BCUT2D eigenvalue weighted by Gasteiger charge is -2.44. The second-order valence-electron chi connectivity index (χ2n) is 8.02. The number of carbonyl (C=O) groups is 1. The number of aliphatic carboxylic acids is 1. The molecule has 3 heteroatoms. The van der Waals surface area contributed by atoms with E-state index < -0.39 is 17.5 Å². The molecule has 0 aromatic rings. The highest BCUT2D eigenvalue weighted by atomic mass is 16.5. The summed E-state index contributed by atoms with van der Waals surface area (Å²) in [5.41, 5.74) is -0.436. The molecule has 2 fully saturated rings. The van der Waals surface area contributed by atoms with Crippen LogP contribution in [0.5, 0.6) is 0 Å². The fraction of sp³-hybridized carbons (Fsp3) is 0.952. The van der Waals surface area contributed by atoms with Crippen molar-refractivity contribution >= 4 is 5.97 Å². The Morgan fingerprint density at radius 2 is 1.17 bits per heavy atom. The normalized spacial score (nSPS) is 28.4. The van der Waals surface area contributed by atoms with Gasteiger partial charge in [-0.1, -0.05) is 83.5 Å². The Labute approximate surface area is 148 Å². The minimum Gasteiger partial charge on any atom is -0.550 e. The Morgan fingerprint density at radius 1 is 0.708 bits per heavy atom. The van der Waals surface area contributed by atoms with Crippen LogP contribution >= 0.6 is 0 Å². The molecule has 0 radical (unpaired) electrons. The Morgan fingerprint density at radius 3 is 1.71 bits per heavy atom. The van der Waals surface area contributed by atoms with E-state index in [4.69, 9.17) is 4.74 Å². The van der Waals surface area contributed by atoms with E-state index in [0.29, 0.717) is 0 Å². The Kier molecular flexibility index (Phi) is 9.15. The van der Waals surface area contributed by atoms with Crippen molar-refractivity contribution in [2.45, 2.75) is 115 Å². The smallest absolute Gasteiger partial charge is 0.0762 e. The number of hydrogen-bond acceptors (Lipinski definition) is 3. The molecule has 140 valence electrons. The summed E-state index contributed by atoms with van der Waals surface area (Å²) in [4.78, 5) is 11.9. The Hall–Kier alpha value is -0.570. The molecule has 1 heterocycles. The van der Waals surface area contributed by atoms with Crippen LogP contribution < -0.4 is 5.11 Å². The largest absolute Gasteiger partial charge is 0.550 e. The molecule has 24 heavy (non-hydrogen) atoms. The monoisotopic (exact) mass is 337 g/mol. The van der Waals surface area contributed by atoms with E-state index in [0.717, 1.165) is 58.0 Å². The van der Waals surface area contributed by atoms with Crippen LogP contribution in [0.15, 0.2) is 0 Å². The summed E-state index contributed by atoms with van der Waals surface area (Å²) < 4.78 is 6.32. The summed E-state index contributed by atoms with van der Waals surface area (Å²) in [5, 5.41) is 11.9. The highest BCUT2D eigenvalue weighted by molar-refractivity contribution is 5.69. The molecule has 0 N–H and O–H groups in total. The summed E-state index contributed by atoms with van der Waals surface area (Å²) in [6, 6.07) is 0. The molecule has 0 aromatic carbocycles. The molecule has 1 saturated carbocycles. The SMILES string of the molecule is O=C([O-])C1CCCCCCCCCCCCCOC12CCCCC2. The molecule has 1 unspecified atom stereocenters. The molecular formula is C21H37O3-. The van der Waals surface area contributed by atoms with E-state index in [-0.39, 0.29) is 0 Å². The van der Waals surface area contributed by atoms with Crippen LogP contribution in [0.4, 0.5) is 0 Å². The fourth-order valence-corrected chi connectivity index (χ4v) is 4.66. The maximum Gasteiger partial charge on any atom is 0.0762 e. The molecule has 1 saturated heterocycles. The Balaban J connectivity index is 1.97. The van der Waals surface area contributed by atoms with E-state index in [9.17, 15) is 9.90 Å². The van der Waals surface area contributed by atoms with Gasteiger partial charge in [0.05, 0.1) is 5.60 Å². The van der Waals surface area contributed by atoms with Gasteiger partial charge in [-0.2, -0.15) is 0 Å². The van der Waals surface area contributed by atoms with Crippen molar-refractivity contribution in [2.24, 2.45) is 5.92 Å². The summed E-state index contributed by atoms with van der Waals surface area (Å²) in [6.07, 6.45) is 19.7. The standard InChI is InChI=1S/C21H38O3/c22-20(23)19-15-11-8-6-4-2-1-3-5-7-9-14-18-24-21(19)16-12-10-13-17-21/h19H,1-18H2,(H,22,23)/p-1. The van der Waals surface area contributed by atoms with E-state index in [1.54, 1.807) is 0 Å². The lowest BCUT2D eigenvalue weighted by atomic mass is 9.73. The first-order chi connectivity index (χ1) is 11.7. The quantitative estimate of drug-likeness (QED) is 0.692. The first kappa shape index (κ1) is 19.8. The number of carbonyl (C=O) groups excluding carboxylic acids is 1. The van der Waals surface area contributed by atoms with E-state index in [1.807, 2.05) is 0 Å². The van der Waals surface area contributed by atoms with Crippen molar-refractivity contribution in [3.05, 3.63) is 0 Å². The van der Waals surface area contributed by atoms with Gasteiger partial charge in [-0.15, -0.1) is 0 Å². The van der Waals surface area contributed by atoms with Gasteiger partial charge < -0.3 is 14.6 Å². The van der Waals surface area contributed by atoms with Crippen molar-refractivity contribution in [1.82, 2.24) is 0 Å². The van der Waals surface area contributed by atoms with E-state index in [1.165, 1.54) is 57.8 Å². The highest BCUT2D eigenvalue weighted by Gasteiger charge is 2.41. The molecule has 1 aliphatic carbocycles. The minimum atomic E-state index is -0.877. The summed E-state index contributed by atoms with van der Waals surface area (Å²) in [7, 11) is 0. The number of carboxylic acid groups (broad SMARTS) is 1. The molecule has 0 aromatic heterocycles. The third-order valence-corrected chi connectivity index (χ3v) is 6.15. The van der Waals surface area contributed by atoms with Gasteiger partial charge in [-0.25, -0.2) is 0 Å². The van der Waals surface area contributed by atoms with Crippen molar-refractivity contribution in [3.63, 3.8) is 0 Å². The molecule has 2 rings (SSSR count).